The monoisotopic (exact) mass is 423 g/mol. The third kappa shape index (κ3) is 3.21. The van der Waals surface area contributed by atoms with E-state index in [-0.39, 0.29) is 17.4 Å². The second kappa shape index (κ2) is 6.41. The minimum Gasteiger partial charge on any atom is -0.369 e. The van der Waals surface area contributed by atoms with E-state index in [1.165, 1.54) is 0 Å². The maximum absolute atomic E-state index is 12.0. The van der Waals surface area contributed by atoms with Crippen molar-refractivity contribution in [2.45, 2.75) is 12.8 Å². The van der Waals surface area contributed by atoms with Crippen LogP contribution in [0.4, 0.5) is 5.95 Å². The third-order valence-corrected chi connectivity index (χ3v) is 4.12. The van der Waals surface area contributed by atoms with Gasteiger partial charge >= 0.3 is 0 Å². The molecular formula is C15H14IN5O2. The molecule has 3 aromatic rings. The van der Waals surface area contributed by atoms with Crippen LogP contribution in [0.2, 0.25) is 0 Å². The van der Waals surface area contributed by atoms with E-state index in [9.17, 15) is 9.59 Å². The topological polar surface area (TPSA) is 117 Å². The number of nitrogens with two attached hydrogens (primary N) is 1. The van der Waals surface area contributed by atoms with Crippen LogP contribution in [0.15, 0.2) is 35.3 Å². The lowest BCUT2D eigenvalue weighted by Gasteiger charge is -2.03. The summed E-state index contributed by atoms with van der Waals surface area (Å²) in [5.74, 6) is -0.0241. The predicted molar refractivity (Wildman–Crippen MR) is 96.5 cm³/mol. The summed E-state index contributed by atoms with van der Waals surface area (Å²) in [4.78, 5) is 33.1. The number of hydrogen-bond acceptors (Lipinski definition) is 4. The van der Waals surface area contributed by atoms with E-state index in [2.05, 4.69) is 18.5 Å². The number of nitrogens with zero attached hydrogens (tertiary/aromatic N) is 1. The van der Waals surface area contributed by atoms with Crippen molar-refractivity contribution in [3.8, 4) is 0 Å². The molecule has 8 heteroatoms. The molecule has 0 bridgehead atoms. The van der Waals surface area contributed by atoms with Crippen LogP contribution in [-0.4, -0.2) is 20.9 Å². The van der Waals surface area contributed by atoms with Crippen molar-refractivity contribution < 1.29 is 4.79 Å². The SMILES string of the molecule is Nc1nc2[nH]cc(CCc3ccc(C(=O)NI)cc3)c2c(=O)[nH]1. The molecule has 0 fully saturated rings. The summed E-state index contributed by atoms with van der Waals surface area (Å²) in [5, 5.41) is 0.542. The van der Waals surface area contributed by atoms with Crippen LogP contribution in [0.5, 0.6) is 0 Å². The highest BCUT2D eigenvalue weighted by Gasteiger charge is 2.10. The van der Waals surface area contributed by atoms with Crippen molar-refractivity contribution >= 4 is 45.8 Å². The summed E-state index contributed by atoms with van der Waals surface area (Å²) < 4.78 is 2.56. The average molecular weight is 423 g/mol. The fraction of sp³-hybridized carbons (Fsp3) is 0.133. The molecule has 2 aromatic heterocycles. The molecule has 0 radical (unpaired) electrons. The lowest BCUT2D eigenvalue weighted by Crippen LogP contribution is -2.12. The van der Waals surface area contributed by atoms with E-state index in [1.54, 1.807) is 18.3 Å². The first-order valence-electron chi connectivity index (χ1n) is 6.94. The summed E-state index contributed by atoms with van der Waals surface area (Å²) in [7, 11) is 0. The first kappa shape index (κ1) is 15.5. The maximum atomic E-state index is 12.0. The van der Waals surface area contributed by atoms with Gasteiger partial charge in [-0.05, 0) is 36.1 Å². The number of rotatable bonds is 4. The summed E-state index contributed by atoms with van der Waals surface area (Å²) in [5.41, 5.74) is 8.38. The zero-order chi connectivity index (χ0) is 16.4. The number of nitrogen functional groups attached to an aromatic ring is 1. The number of carbonyl (C=O) groups excluding carboxylic acids is 1. The van der Waals surface area contributed by atoms with Gasteiger partial charge in [-0.15, -0.1) is 0 Å². The zero-order valence-corrected chi connectivity index (χ0v) is 14.2. The van der Waals surface area contributed by atoms with E-state index in [4.69, 9.17) is 5.73 Å². The van der Waals surface area contributed by atoms with Gasteiger partial charge in [-0.2, -0.15) is 4.98 Å². The standard InChI is InChI=1S/C15H14IN5O2/c16-21-13(22)9-4-1-8(2-5-9)3-6-10-7-18-12-11(10)14(23)20-15(17)19-12/h1-2,4-5,7H,3,6H2,(H,21,22)(H4,17,18,19,20,23). The van der Waals surface area contributed by atoms with Crippen molar-refractivity contribution in [3.63, 3.8) is 0 Å². The number of halogens is 1. The van der Waals surface area contributed by atoms with E-state index in [0.29, 0.717) is 23.0 Å². The molecule has 0 aliphatic rings. The van der Waals surface area contributed by atoms with Gasteiger partial charge in [0.15, 0.2) is 0 Å². The lowest BCUT2D eigenvalue weighted by molar-refractivity contribution is 0.0989. The highest BCUT2D eigenvalue weighted by Crippen LogP contribution is 2.16. The van der Waals surface area contributed by atoms with Gasteiger partial charge in [0, 0.05) is 11.8 Å². The first-order chi connectivity index (χ1) is 11.1. The Bertz CT molecular complexity index is 914. The van der Waals surface area contributed by atoms with Gasteiger partial charge < -0.3 is 10.7 Å². The van der Waals surface area contributed by atoms with Crippen molar-refractivity contribution in [2.75, 3.05) is 5.73 Å². The Morgan fingerprint density at radius 1 is 1.26 bits per heavy atom. The number of aryl methyl sites for hydroxylation is 2. The normalized spacial score (nSPS) is 10.8. The van der Waals surface area contributed by atoms with Crippen LogP contribution in [0.25, 0.3) is 11.0 Å². The van der Waals surface area contributed by atoms with Crippen molar-refractivity contribution in [1.82, 2.24) is 18.5 Å². The Morgan fingerprint density at radius 2 is 2.00 bits per heavy atom. The minimum atomic E-state index is -0.238. The molecule has 0 saturated heterocycles. The van der Waals surface area contributed by atoms with E-state index in [0.717, 1.165) is 17.5 Å². The van der Waals surface area contributed by atoms with Crippen molar-refractivity contribution in [3.05, 3.63) is 57.5 Å². The van der Waals surface area contributed by atoms with Crippen LogP contribution in [0.1, 0.15) is 21.5 Å². The number of amides is 1. The molecule has 7 nitrogen and oxygen atoms in total. The van der Waals surface area contributed by atoms with Gasteiger partial charge in [-0.3, -0.25) is 18.1 Å². The van der Waals surface area contributed by atoms with Crippen molar-refractivity contribution in [1.29, 1.82) is 0 Å². The molecule has 0 aliphatic carbocycles. The number of benzene rings is 1. The number of aromatic nitrogens is 3. The number of carbonyl (C=O) groups is 1. The number of hydrogen-bond donors (Lipinski definition) is 4. The molecule has 2 heterocycles. The molecular weight excluding hydrogens is 409 g/mol. The third-order valence-electron chi connectivity index (χ3n) is 3.63. The predicted octanol–water partition coefficient (Wildman–Crippen LogP) is 1.70. The largest absolute Gasteiger partial charge is 0.369 e. The number of H-pyrrole nitrogens is 2. The molecule has 0 spiro atoms. The molecule has 1 aromatic carbocycles. The van der Waals surface area contributed by atoms with Gasteiger partial charge in [-0.25, -0.2) is 0 Å². The van der Waals surface area contributed by atoms with Crippen LogP contribution in [-0.2, 0) is 12.8 Å². The van der Waals surface area contributed by atoms with E-state index in [1.807, 2.05) is 35.0 Å². The molecule has 3 rings (SSSR count). The average Bonchev–Trinajstić information content (AvgIpc) is 2.95. The molecule has 0 unspecified atom stereocenters. The smallest absolute Gasteiger partial charge is 0.262 e. The maximum Gasteiger partial charge on any atom is 0.262 e. The van der Waals surface area contributed by atoms with Gasteiger partial charge in [-0.1, -0.05) is 12.1 Å². The van der Waals surface area contributed by atoms with Gasteiger partial charge in [0.1, 0.15) is 5.65 Å². The van der Waals surface area contributed by atoms with Gasteiger partial charge in [0.2, 0.25) is 5.95 Å². The summed E-state index contributed by atoms with van der Waals surface area (Å²) in [6.07, 6.45) is 3.22. The van der Waals surface area contributed by atoms with Crippen LogP contribution >= 0.6 is 22.9 Å². The summed E-state index contributed by atoms with van der Waals surface area (Å²) in [6.45, 7) is 0. The van der Waals surface area contributed by atoms with Gasteiger partial charge in [0.25, 0.3) is 11.5 Å². The number of fused-ring (bicyclic) bond motifs is 1. The first-order valence-corrected chi connectivity index (χ1v) is 8.02. The van der Waals surface area contributed by atoms with Crippen LogP contribution in [0, 0.1) is 0 Å². The highest BCUT2D eigenvalue weighted by molar-refractivity contribution is 14.1. The number of nitrogens with one attached hydrogen (secondary N) is 3. The number of aromatic amines is 2. The fourth-order valence-corrected chi connectivity index (χ4v) is 2.79. The molecule has 1 amide bonds. The van der Waals surface area contributed by atoms with Crippen LogP contribution in [0.3, 0.4) is 0 Å². The molecule has 0 atom stereocenters. The van der Waals surface area contributed by atoms with Crippen molar-refractivity contribution in [2.24, 2.45) is 0 Å². The Hall–Kier alpha value is -2.36. The van der Waals surface area contributed by atoms with E-state index >= 15 is 0 Å². The quantitative estimate of drug-likeness (QED) is 0.378. The second-order valence-corrected chi connectivity index (χ2v) is 5.65. The molecule has 118 valence electrons. The van der Waals surface area contributed by atoms with Gasteiger partial charge in [0.05, 0.1) is 28.3 Å². The van der Waals surface area contributed by atoms with E-state index < -0.39 is 0 Å². The Morgan fingerprint density at radius 3 is 2.70 bits per heavy atom. The Labute approximate surface area is 145 Å². The summed E-state index contributed by atoms with van der Waals surface area (Å²) in [6, 6.07) is 7.40. The Kier molecular flexibility index (Phi) is 4.33. The lowest BCUT2D eigenvalue weighted by atomic mass is 10.0. The second-order valence-electron chi connectivity index (χ2n) is 5.11. The van der Waals surface area contributed by atoms with Crippen LogP contribution < -0.4 is 14.8 Å². The minimum absolute atomic E-state index is 0.0972. The molecule has 23 heavy (non-hydrogen) atoms. The number of anilines is 1. The Balaban J connectivity index is 1.79. The molecule has 0 aliphatic heterocycles. The zero-order valence-electron chi connectivity index (χ0n) is 12.0. The molecule has 0 saturated carbocycles. The fourth-order valence-electron chi connectivity index (χ4n) is 2.47. The summed E-state index contributed by atoms with van der Waals surface area (Å²) >= 11 is 1.81. The highest BCUT2D eigenvalue weighted by atomic mass is 127. The molecule has 5 N–H and O–H groups in total.